The molecule has 28 heavy (non-hydrogen) atoms. The van der Waals surface area contributed by atoms with Gasteiger partial charge in [-0.3, -0.25) is 14.0 Å². The van der Waals surface area contributed by atoms with Crippen molar-refractivity contribution in [1.82, 2.24) is 13.8 Å². The number of nitrogens with zero attached hydrogens (tertiary/aromatic N) is 2. The number of H-pyrrole nitrogens is 1. The molecule has 1 saturated heterocycles. The molecule has 3 heterocycles. The second kappa shape index (κ2) is 7.02. The summed E-state index contributed by atoms with van der Waals surface area (Å²) in [6.07, 6.45) is 2.50. The first kappa shape index (κ1) is 19.7. The van der Waals surface area contributed by atoms with Crippen molar-refractivity contribution in [3.63, 3.8) is 0 Å². The number of halogens is 3. The Morgan fingerprint density at radius 1 is 1.32 bits per heavy atom. The van der Waals surface area contributed by atoms with Crippen molar-refractivity contribution < 1.29 is 9.13 Å². The molecule has 6 nitrogen and oxygen atoms in total. The van der Waals surface area contributed by atoms with Gasteiger partial charge < -0.3 is 14.2 Å². The van der Waals surface area contributed by atoms with Gasteiger partial charge >= 0.3 is 0 Å². The van der Waals surface area contributed by atoms with Crippen molar-refractivity contribution in [2.45, 2.75) is 31.4 Å². The maximum atomic E-state index is 14.8. The summed E-state index contributed by atoms with van der Waals surface area (Å²) in [6.45, 7) is 1.57. The molecule has 1 aliphatic carbocycles. The van der Waals surface area contributed by atoms with E-state index in [1.165, 1.54) is 0 Å². The van der Waals surface area contributed by atoms with E-state index in [9.17, 15) is 14.0 Å². The normalized spacial score (nSPS) is 20.0. The summed E-state index contributed by atoms with van der Waals surface area (Å²) in [6, 6.07) is 1.31. The van der Waals surface area contributed by atoms with Crippen LogP contribution in [0.5, 0.6) is 5.75 Å². The van der Waals surface area contributed by atoms with Crippen LogP contribution in [-0.2, 0) is 0 Å². The quantitative estimate of drug-likeness (QED) is 0.669. The maximum absolute atomic E-state index is 14.8. The van der Waals surface area contributed by atoms with Gasteiger partial charge in [-0.1, -0.05) is 11.6 Å². The summed E-state index contributed by atoms with van der Waals surface area (Å²) in [4.78, 5) is 27.7. The van der Waals surface area contributed by atoms with E-state index in [-0.39, 0.29) is 46.1 Å². The molecule has 0 amide bonds. The van der Waals surface area contributed by atoms with Crippen molar-refractivity contribution in [3.8, 4) is 5.75 Å². The van der Waals surface area contributed by atoms with E-state index in [2.05, 4.69) is 9.27 Å². The lowest BCUT2D eigenvalue weighted by atomic mass is 10.1. The Bertz CT molecular complexity index is 1200. The number of nitrogens with one attached hydrogen (secondary N) is 1. The number of hydrogen-bond acceptors (Lipinski definition) is 5. The highest BCUT2D eigenvalue weighted by atomic mass is 35.5. The largest absolute Gasteiger partial charge is 0.484 e. The zero-order valence-corrected chi connectivity index (χ0v) is 17.3. The fourth-order valence-corrected chi connectivity index (χ4v) is 5.09. The van der Waals surface area contributed by atoms with Gasteiger partial charge in [-0.05, 0) is 43.9 Å². The van der Waals surface area contributed by atoms with E-state index < -0.39 is 16.8 Å². The second-order valence-corrected chi connectivity index (χ2v) is 8.51. The standard InChI is InChI=1S/C18H17ClFN3O3S.ClH/c1-22-5-4-9(7-22)26-16-11(20)6-10-14(13(16)19)23(8-2-3-8)18-12(15(10)24)17(25)21-27-18;/h6,8-9H,2-5,7H2,1H3,(H,21,25);1H. The first-order valence-electron chi connectivity index (χ1n) is 8.88. The number of likely N-dealkylation sites (N-methyl/N-ethyl adjacent to an activating group) is 1. The number of rotatable bonds is 3. The van der Waals surface area contributed by atoms with E-state index in [1.54, 1.807) is 0 Å². The number of fused-ring (bicyclic) bond motifs is 2. The van der Waals surface area contributed by atoms with Crippen LogP contribution in [0.2, 0.25) is 5.02 Å². The summed E-state index contributed by atoms with van der Waals surface area (Å²) in [5.74, 6) is -0.687. The van der Waals surface area contributed by atoms with Crippen LogP contribution < -0.4 is 15.7 Å². The van der Waals surface area contributed by atoms with Gasteiger partial charge in [-0.15, -0.1) is 12.4 Å². The minimum atomic E-state index is -0.674. The minimum absolute atomic E-state index is 0. The van der Waals surface area contributed by atoms with Crippen molar-refractivity contribution in [2.24, 2.45) is 0 Å². The van der Waals surface area contributed by atoms with Gasteiger partial charge in [0.1, 0.15) is 21.3 Å². The molecule has 2 aromatic heterocycles. The molecule has 1 aliphatic heterocycles. The van der Waals surface area contributed by atoms with Crippen molar-refractivity contribution in [2.75, 3.05) is 20.1 Å². The Hall–Kier alpha value is -1.61. The Morgan fingerprint density at radius 2 is 2.07 bits per heavy atom. The topological polar surface area (TPSA) is 67.3 Å². The first-order valence-corrected chi connectivity index (χ1v) is 10.1. The third kappa shape index (κ3) is 2.94. The number of benzene rings is 1. The number of ether oxygens (including phenoxy) is 1. The fourth-order valence-electron chi connectivity index (χ4n) is 3.85. The molecular formula is C18H18Cl2FN3O3S. The third-order valence-corrected chi connectivity index (χ3v) is 6.54. The van der Waals surface area contributed by atoms with Gasteiger partial charge in [-0.2, -0.15) is 0 Å². The van der Waals surface area contributed by atoms with Gasteiger partial charge in [0.2, 0.25) is 5.43 Å². The predicted octanol–water partition coefficient (Wildman–Crippen LogP) is 3.54. The summed E-state index contributed by atoms with van der Waals surface area (Å²) < 4.78 is 25.3. The lowest BCUT2D eigenvalue weighted by Gasteiger charge is -2.19. The highest BCUT2D eigenvalue weighted by Crippen LogP contribution is 2.44. The molecule has 1 unspecified atom stereocenters. The Labute approximate surface area is 174 Å². The number of hydrogen-bond donors (Lipinski definition) is 1. The van der Waals surface area contributed by atoms with Crippen molar-refractivity contribution >= 4 is 56.7 Å². The van der Waals surface area contributed by atoms with Gasteiger partial charge in [0.25, 0.3) is 5.56 Å². The molecule has 0 radical (unpaired) electrons. The summed E-state index contributed by atoms with van der Waals surface area (Å²) in [5, 5.41) is 0.295. The summed E-state index contributed by atoms with van der Waals surface area (Å²) in [7, 11) is 1.98. The Kier molecular flexibility index (Phi) is 4.94. The zero-order valence-electron chi connectivity index (χ0n) is 15.0. The van der Waals surface area contributed by atoms with Crippen LogP contribution in [0, 0.1) is 5.82 Å². The number of likely N-dealkylation sites (tertiary alicyclic amines) is 1. The molecule has 0 bridgehead atoms. The molecule has 1 N–H and O–H groups in total. The number of aromatic amines is 1. The first-order chi connectivity index (χ1) is 13.0. The van der Waals surface area contributed by atoms with Gasteiger partial charge in [0, 0.05) is 19.1 Å². The van der Waals surface area contributed by atoms with E-state index in [0.29, 0.717) is 16.9 Å². The van der Waals surface area contributed by atoms with E-state index in [4.69, 9.17) is 16.3 Å². The number of pyridine rings is 1. The molecule has 1 atom stereocenters. The molecular weight excluding hydrogens is 428 g/mol. The second-order valence-electron chi connectivity index (χ2n) is 7.33. The molecule has 150 valence electrons. The van der Waals surface area contributed by atoms with E-state index >= 15 is 0 Å². The molecule has 10 heteroatoms. The molecule has 2 aliphatic rings. The van der Waals surface area contributed by atoms with Crippen LogP contribution in [0.1, 0.15) is 25.3 Å². The fraction of sp³-hybridized carbons (Fsp3) is 0.444. The number of aromatic nitrogens is 2. The smallest absolute Gasteiger partial charge is 0.271 e. The van der Waals surface area contributed by atoms with Crippen LogP contribution in [-0.4, -0.2) is 40.1 Å². The highest BCUT2D eigenvalue weighted by Gasteiger charge is 2.32. The Morgan fingerprint density at radius 3 is 2.71 bits per heavy atom. The maximum Gasteiger partial charge on any atom is 0.271 e. The van der Waals surface area contributed by atoms with Crippen LogP contribution >= 0.6 is 35.5 Å². The SMILES string of the molecule is CN1CCC(Oc2c(F)cc3c(=O)c4c(=O)[nH]sc4n(C4CC4)c3c2Cl)C1.Cl. The van der Waals surface area contributed by atoms with Gasteiger partial charge in [0.15, 0.2) is 11.6 Å². The molecule has 1 aromatic carbocycles. The summed E-state index contributed by atoms with van der Waals surface area (Å²) >= 11 is 7.71. The molecule has 1 saturated carbocycles. The third-order valence-electron chi connectivity index (χ3n) is 5.31. The Balaban J connectivity index is 0.00000192. The monoisotopic (exact) mass is 445 g/mol. The molecule has 3 aromatic rings. The van der Waals surface area contributed by atoms with Gasteiger partial charge in [-0.25, -0.2) is 4.39 Å². The van der Waals surface area contributed by atoms with Crippen molar-refractivity contribution in [3.05, 3.63) is 37.5 Å². The summed E-state index contributed by atoms with van der Waals surface area (Å²) in [5.41, 5.74) is -0.482. The molecule has 0 spiro atoms. The predicted molar refractivity (Wildman–Crippen MR) is 111 cm³/mol. The molecule has 5 rings (SSSR count). The van der Waals surface area contributed by atoms with E-state index in [0.717, 1.165) is 43.4 Å². The molecule has 2 fully saturated rings. The zero-order chi connectivity index (χ0) is 18.9. The highest BCUT2D eigenvalue weighted by molar-refractivity contribution is 7.12. The van der Waals surface area contributed by atoms with Crippen LogP contribution in [0.25, 0.3) is 21.1 Å². The lowest BCUT2D eigenvalue weighted by Crippen LogP contribution is -2.22. The van der Waals surface area contributed by atoms with Crippen LogP contribution in [0.4, 0.5) is 4.39 Å². The average Bonchev–Trinajstić information content (AvgIpc) is 3.27. The minimum Gasteiger partial charge on any atom is -0.484 e. The van der Waals surface area contributed by atoms with Crippen LogP contribution in [0.3, 0.4) is 0 Å². The average molecular weight is 446 g/mol. The lowest BCUT2D eigenvalue weighted by molar-refractivity contribution is 0.200. The van der Waals surface area contributed by atoms with Crippen LogP contribution in [0.15, 0.2) is 15.7 Å². The van der Waals surface area contributed by atoms with E-state index in [1.807, 2.05) is 11.6 Å². The van der Waals surface area contributed by atoms with Gasteiger partial charge in [0.05, 0.1) is 10.9 Å². The van der Waals surface area contributed by atoms with Crippen molar-refractivity contribution in [1.29, 1.82) is 0 Å².